The first-order chi connectivity index (χ1) is 32.8. The summed E-state index contributed by atoms with van der Waals surface area (Å²) >= 11 is 0. The third-order valence-corrected chi connectivity index (χ3v) is 14.0. The lowest BCUT2D eigenvalue weighted by molar-refractivity contribution is 1.25. The number of aromatic nitrogens is 3. The molecular formula is C61H37N5. The van der Waals surface area contributed by atoms with Gasteiger partial charge in [-0.25, -0.2) is 4.98 Å². The van der Waals surface area contributed by atoms with Crippen LogP contribution in [0.15, 0.2) is 224 Å². The first kappa shape index (κ1) is 35.5. The van der Waals surface area contributed by atoms with Crippen LogP contribution in [0.4, 0.5) is 34.1 Å². The van der Waals surface area contributed by atoms with E-state index in [4.69, 9.17) is 4.98 Å². The van der Waals surface area contributed by atoms with Gasteiger partial charge in [-0.3, -0.25) is 4.40 Å². The molecule has 66 heavy (non-hydrogen) atoms. The molecule has 0 unspecified atom stereocenters. The summed E-state index contributed by atoms with van der Waals surface area (Å²) in [6, 6.07) is 81.6. The number of hydrogen-bond donors (Lipinski definition) is 0. The molecule has 5 heterocycles. The predicted octanol–water partition coefficient (Wildman–Crippen LogP) is 16.6. The van der Waals surface area contributed by atoms with Gasteiger partial charge in [0.2, 0.25) is 0 Å². The molecule has 5 heteroatoms. The summed E-state index contributed by atoms with van der Waals surface area (Å²) in [6.07, 6.45) is 0. The first-order valence-corrected chi connectivity index (χ1v) is 22.6. The number of rotatable bonds is 6. The highest BCUT2D eigenvalue weighted by atomic mass is 15.2. The molecule has 0 atom stereocenters. The molecule has 0 N–H and O–H groups in total. The van der Waals surface area contributed by atoms with E-state index in [1.54, 1.807) is 0 Å². The molecule has 0 radical (unpaired) electrons. The van der Waals surface area contributed by atoms with Crippen molar-refractivity contribution in [3.05, 3.63) is 224 Å². The van der Waals surface area contributed by atoms with Crippen molar-refractivity contribution in [3.8, 4) is 0 Å². The fourth-order valence-corrected chi connectivity index (χ4v) is 11.4. The second kappa shape index (κ2) is 13.3. The van der Waals surface area contributed by atoms with Gasteiger partial charge in [-0.05, 0) is 94.3 Å². The number of anilines is 6. The lowest BCUT2D eigenvalue weighted by Gasteiger charge is -2.27. The fourth-order valence-electron chi connectivity index (χ4n) is 11.4. The van der Waals surface area contributed by atoms with E-state index >= 15 is 0 Å². The Hall–Kier alpha value is -8.93. The lowest BCUT2D eigenvalue weighted by Crippen LogP contribution is -2.11. The highest BCUT2D eigenvalue weighted by molar-refractivity contribution is 6.37. The molecule has 0 spiro atoms. The summed E-state index contributed by atoms with van der Waals surface area (Å²) in [4.78, 5) is 10.8. The van der Waals surface area contributed by atoms with Crippen molar-refractivity contribution in [1.82, 2.24) is 13.8 Å². The van der Waals surface area contributed by atoms with E-state index in [2.05, 4.69) is 243 Å². The van der Waals surface area contributed by atoms with Gasteiger partial charge in [0.25, 0.3) is 0 Å². The third-order valence-electron chi connectivity index (χ3n) is 14.0. The van der Waals surface area contributed by atoms with Gasteiger partial charge in [0.15, 0.2) is 0 Å². The van der Waals surface area contributed by atoms with Crippen LogP contribution < -0.4 is 9.80 Å². The summed E-state index contributed by atoms with van der Waals surface area (Å²) in [7, 11) is 0. The molecule has 0 saturated carbocycles. The van der Waals surface area contributed by atoms with Crippen molar-refractivity contribution in [1.29, 1.82) is 0 Å². The van der Waals surface area contributed by atoms with Crippen LogP contribution in [-0.2, 0) is 0 Å². The maximum Gasteiger partial charge on any atom is 0.146 e. The van der Waals surface area contributed by atoms with Crippen LogP contribution in [0.25, 0.3) is 98.0 Å². The third kappa shape index (κ3) is 4.70. The highest BCUT2D eigenvalue weighted by Gasteiger charge is 2.29. The predicted molar refractivity (Wildman–Crippen MR) is 278 cm³/mol. The molecule has 306 valence electrons. The van der Waals surface area contributed by atoms with E-state index in [9.17, 15) is 0 Å². The Kier molecular flexibility index (Phi) is 7.16. The lowest BCUT2D eigenvalue weighted by atomic mass is 9.96. The van der Waals surface area contributed by atoms with Gasteiger partial charge in [-0.15, -0.1) is 0 Å². The SMILES string of the molecule is c1ccc(N(c2ccccc2)c2cccc3c4cccc5c6nc7c(cc6n(c23)c45)c2cc3ccccc3c3c4c5ccccc5cc(N(c5ccccc5)c5ccccc5)c4n7c23)cc1. The second-order valence-corrected chi connectivity index (χ2v) is 17.5. The number of benzene rings is 10. The van der Waals surface area contributed by atoms with Crippen molar-refractivity contribution in [2.75, 3.05) is 9.80 Å². The van der Waals surface area contributed by atoms with E-state index < -0.39 is 0 Å². The molecule has 0 aliphatic carbocycles. The maximum absolute atomic E-state index is 5.93. The minimum Gasteiger partial charge on any atom is -0.308 e. The van der Waals surface area contributed by atoms with Crippen LogP contribution in [0, 0.1) is 0 Å². The highest BCUT2D eigenvalue weighted by Crippen LogP contribution is 2.52. The minimum atomic E-state index is 0.958. The topological polar surface area (TPSA) is 28.2 Å². The molecular weight excluding hydrogens is 803 g/mol. The zero-order valence-electron chi connectivity index (χ0n) is 35.6. The van der Waals surface area contributed by atoms with Crippen molar-refractivity contribution in [2.24, 2.45) is 0 Å². The normalized spacial score (nSPS) is 12.2. The van der Waals surface area contributed by atoms with Gasteiger partial charge < -0.3 is 14.2 Å². The molecule has 0 amide bonds. The van der Waals surface area contributed by atoms with Crippen molar-refractivity contribution < 1.29 is 0 Å². The van der Waals surface area contributed by atoms with E-state index in [-0.39, 0.29) is 0 Å². The Labute approximate surface area is 378 Å². The van der Waals surface area contributed by atoms with Crippen LogP contribution in [-0.4, -0.2) is 13.8 Å². The number of nitrogens with zero attached hydrogens (tertiary/aromatic N) is 5. The Morgan fingerprint density at radius 3 is 1.38 bits per heavy atom. The number of hydrogen-bond acceptors (Lipinski definition) is 3. The van der Waals surface area contributed by atoms with Crippen LogP contribution in [0.3, 0.4) is 0 Å². The Morgan fingerprint density at radius 1 is 0.303 bits per heavy atom. The van der Waals surface area contributed by atoms with Gasteiger partial charge in [0, 0.05) is 60.5 Å². The summed E-state index contributed by atoms with van der Waals surface area (Å²) < 4.78 is 5.01. The van der Waals surface area contributed by atoms with Crippen LogP contribution in [0.1, 0.15) is 0 Å². The second-order valence-electron chi connectivity index (χ2n) is 17.5. The number of pyridine rings is 1. The van der Waals surface area contributed by atoms with Crippen LogP contribution in [0.5, 0.6) is 0 Å². The Bertz CT molecular complexity index is 4310. The van der Waals surface area contributed by atoms with Crippen molar-refractivity contribution in [2.45, 2.75) is 0 Å². The Balaban J connectivity index is 1.14. The molecule has 15 aromatic rings. The van der Waals surface area contributed by atoms with E-state index in [1.165, 1.54) is 59.5 Å². The first-order valence-electron chi connectivity index (χ1n) is 22.6. The molecule has 0 fully saturated rings. The minimum absolute atomic E-state index is 0.958. The van der Waals surface area contributed by atoms with E-state index in [0.717, 1.165) is 72.6 Å². The molecule has 0 aliphatic rings. The standard InChI is InChI=1S/C61H37N5/c1-5-21-40(22-6-1)63(41-23-7-2-8-24-41)51-34-18-32-47-46-31-17-33-48-56-52(65(57(46)48)58(47)51)37-50-49-35-38-19-13-15-29-44(38)54-55-45-30-16-14-20-39(45)36-53(60(55)66(59(49)54)61(50)62-56)64(42-25-9-3-10-26-42)43-27-11-4-12-28-43/h1-37H. The van der Waals surface area contributed by atoms with Gasteiger partial charge in [-0.1, -0.05) is 152 Å². The molecule has 5 aromatic heterocycles. The summed E-state index contributed by atoms with van der Waals surface area (Å²) in [5, 5.41) is 13.3. The van der Waals surface area contributed by atoms with Crippen LogP contribution >= 0.6 is 0 Å². The summed E-state index contributed by atoms with van der Waals surface area (Å²) in [6.45, 7) is 0. The van der Waals surface area contributed by atoms with E-state index in [0.29, 0.717) is 0 Å². The van der Waals surface area contributed by atoms with Gasteiger partial charge in [0.05, 0.1) is 44.5 Å². The average molecular weight is 840 g/mol. The smallest absolute Gasteiger partial charge is 0.146 e. The average Bonchev–Trinajstić information content (AvgIpc) is 4.11. The van der Waals surface area contributed by atoms with Gasteiger partial charge >= 0.3 is 0 Å². The molecule has 0 aliphatic heterocycles. The maximum atomic E-state index is 5.93. The van der Waals surface area contributed by atoms with Crippen molar-refractivity contribution >= 4 is 132 Å². The number of para-hydroxylation sites is 6. The molecule has 0 bridgehead atoms. The molecule has 15 rings (SSSR count). The van der Waals surface area contributed by atoms with Crippen molar-refractivity contribution in [3.63, 3.8) is 0 Å². The molecule has 0 saturated heterocycles. The monoisotopic (exact) mass is 839 g/mol. The number of fused-ring (bicyclic) bond motifs is 16. The van der Waals surface area contributed by atoms with Gasteiger partial charge in [-0.2, -0.15) is 0 Å². The largest absolute Gasteiger partial charge is 0.308 e. The fraction of sp³-hybridized carbons (Fsp3) is 0. The van der Waals surface area contributed by atoms with Crippen LogP contribution in [0.2, 0.25) is 0 Å². The Morgan fingerprint density at radius 2 is 0.773 bits per heavy atom. The van der Waals surface area contributed by atoms with Gasteiger partial charge in [0.1, 0.15) is 5.65 Å². The molecule has 10 aromatic carbocycles. The summed E-state index contributed by atoms with van der Waals surface area (Å²) in [5.74, 6) is 0. The quantitative estimate of drug-likeness (QED) is 0.167. The zero-order chi connectivity index (χ0) is 43.0. The van der Waals surface area contributed by atoms with E-state index in [1.807, 2.05) is 0 Å². The molecule has 5 nitrogen and oxygen atoms in total. The zero-order valence-corrected chi connectivity index (χ0v) is 35.6. The summed E-state index contributed by atoms with van der Waals surface area (Å²) in [5.41, 5.74) is 14.4.